The largest absolute Gasteiger partial charge is 0.377 e. The Labute approximate surface area is 132 Å². The van der Waals surface area contributed by atoms with Crippen molar-refractivity contribution >= 4 is 27.4 Å². The molecule has 114 valence electrons. The van der Waals surface area contributed by atoms with Crippen LogP contribution >= 0.6 is 11.3 Å². The van der Waals surface area contributed by atoms with E-state index < -0.39 is 0 Å². The van der Waals surface area contributed by atoms with Crippen LogP contribution in [0, 0.1) is 0 Å². The number of morpholine rings is 1. The monoisotopic (exact) mass is 315 g/mol. The Bertz CT molecular complexity index is 811. The zero-order valence-electron chi connectivity index (χ0n) is 12.6. The Morgan fingerprint density at radius 3 is 3.05 bits per heavy atom. The van der Waals surface area contributed by atoms with Gasteiger partial charge in [0.2, 0.25) is 0 Å². The third kappa shape index (κ3) is 2.08. The fourth-order valence-electron chi connectivity index (χ4n) is 2.90. The molecule has 0 amide bonds. The van der Waals surface area contributed by atoms with Crippen LogP contribution in [0.5, 0.6) is 0 Å². The second-order valence-electron chi connectivity index (χ2n) is 5.48. The van der Waals surface area contributed by atoms with E-state index in [-0.39, 0.29) is 0 Å². The molecule has 0 aliphatic carbocycles. The summed E-state index contributed by atoms with van der Waals surface area (Å²) >= 11 is 1.69. The van der Waals surface area contributed by atoms with Crippen molar-refractivity contribution in [1.29, 1.82) is 0 Å². The van der Waals surface area contributed by atoms with Gasteiger partial charge in [-0.15, -0.1) is 11.3 Å². The van der Waals surface area contributed by atoms with E-state index in [2.05, 4.69) is 32.3 Å². The van der Waals surface area contributed by atoms with Crippen molar-refractivity contribution in [3.05, 3.63) is 24.0 Å². The number of ether oxygens (including phenoxy) is 1. The second-order valence-corrected chi connectivity index (χ2v) is 6.36. The van der Waals surface area contributed by atoms with Crippen LogP contribution < -0.4 is 4.90 Å². The summed E-state index contributed by atoms with van der Waals surface area (Å²) in [6.45, 7) is 4.52. The lowest BCUT2D eigenvalue weighted by molar-refractivity contribution is 0.0987. The van der Waals surface area contributed by atoms with Crippen molar-refractivity contribution < 1.29 is 4.74 Å². The van der Waals surface area contributed by atoms with Gasteiger partial charge in [0.05, 0.1) is 35.2 Å². The molecular weight excluding hydrogens is 298 g/mol. The normalized spacial score (nSPS) is 19.0. The molecule has 1 fully saturated rings. The fourth-order valence-corrected chi connectivity index (χ4v) is 3.92. The minimum Gasteiger partial charge on any atom is -0.377 e. The molecule has 6 nitrogen and oxygen atoms in total. The van der Waals surface area contributed by atoms with Crippen molar-refractivity contribution in [1.82, 2.24) is 19.7 Å². The highest BCUT2D eigenvalue weighted by Gasteiger charge is 2.24. The van der Waals surface area contributed by atoms with Crippen LogP contribution in [0.25, 0.3) is 21.5 Å². The maximum Gasteiger partial charge on any atom is 0.150 e. The van der Waals surface area contributed by atoms with Crippen molar-refractivity contribution in [3.8, 4) is 11.3 Å². The number of nitrogens with zero attached hydrogens (tertiary/aromatic N) is 5. The molecule has 0 bridgehead atoms. The number of hydrogen-bond acceptors (Lipinski definition) is 6. The number of aryl methyl sites for hydroxylation is 1. The minimum absolute atomic E-state index is 0.328. The standard InChI is InChI=1S/C15H17N5OS/c1-10-7-21-6-5-20(10)15-14-13(16-9-17-15)11(8-22-14)12-3-4-18-19(12)2/h3-4,8-10H,5-7H2,1-2H3. The van der Waals surface area contributed by atoms with Gasteiger partial charge in [0, 0.05) is 30.7 Å². The van der Waals surface area contributed by atoms with Gasteiger partial charge in [-0.05, 0) is 13.0 Å². The van der Waals surface area contributed by atoms with Gasteiger partial charge in [-0.3, -0.25) is 4.68 Å². The second kappa shape index (κ2) is 5.33. The van der Waals surface area contributed by atoms with E-state index in [1.165, 1.54) is 0 Å². The molecule has 0 aromatic carbocycles. The molecule has 22 heavy (non-hydrogen) atoms. The molecule has 1 aliphatic rings. The lowest BCUT2D eigenvalue weighted by atomic mass is 10.2. The fraction of sp³-hybridized carbons (Fsp3) is 0.400. The molecule has 1 saturated heterocycles. The third-order valence-corrected chi connectivity index (χ3v) is 5.04. The molecule has 4 heterocycles. The van der Waals surface area contributed by atoms with E-state index >= 15 is 0 Å². The first-order valence-corrected chi connectivity index (χ1v) is 8.18. The highest BCUT2D eigenvalue weighted by Crippen LogP contribution is 2.37. The van der Waals surface area contributed by atoms with Crippen LogP contribution in [-0.4, -0.2) is 45.5 Å². The molecule has 0 radical (unpaired) electrons. The van der Waals surface area contributed by atoms with Crippen LogP contribution in [0.4, 0.5) is 5.82 Å². The number of rotatable bonds is 2. The quantitative estimate of drug-likeness (QED) is 0.726. The Morgan fingerprint density at radius 1 is 1.36 bits per heavy atom. The van der Waals surface area contributed by atoms with Crippen LogP contribution in [0.15, 0.2) is 24.0 Å². The predicted molar refractivity (Wildman–Crippen MR) is 87.2 cm³/mol. The summed E-state index contributed by atoms with van der Waals surface area (Å²) in [6, 6.07) is 2.34. The van der Waals surface area contributed by atoms with E-state index in [0.717, 1.165) is 47.1 Å². The van der Waals surface area contributed by atoms with E-state index in [4.69, 9.17) is 4.74 Å². The number of hydrogen-bond donors (Lipinski definition) is 0. The maximum atomic E-state index is 5.53. The smallest absolute Gasteiger partial charge is 0.150 e. The predicted octanol–water partition coefficient (Wildman–Crippen LogP) is 2.32. The lowest BCUT2D eigenvalue weighted by Crippen LogP contribution is -2.44. The average Bonchev–Trinajstić information content (AvgIpc) is 3.13. The molecular formula is C15H17N5OS. The average molecular weight is 315 g/mol. The Balaban J connectivity index is 1.85. The number of aromatic nitrogens is 4. The first-order valence-electron chi connectivity index (χ1n) is 7.30. The summed E-state index contributed by atoms with van der Waals surface area (Å²) in [6.07, 6.45) is 3.47. The zero-order chi connectivity index (χ0) is 15.1. The highest BCUT2D eigenvalue weighted by atomic mass is 32.1. The van der Waals surface area contributed by atoms with Crippen LogP contribution in [0.1, 0.15) is 6.92 Å². The first kappa shape index (κ1) is 13.7. The van der Waals surface area contributed by atoms with Gasteiger partial charge in [-0.25, -0.2) is 9.97 Å². The summed E-state index contributed by atoms with van der Waals surface area (Å²) < 4.78 is 8.54. The van der Waals surface area contributed by atoms with Gasteiger partial charge in [-0.2, -0.15) is 5.10 Å². The SMILES string of the molecule is CC1COCCN1c1ncnc2c(-c3ccnn3C)csc12. The number of anilines is 1. The number of fused-ring (bicyclic) bond motifs is 1. The van der Waals surface area contributed by atoms with Gasteiger partial charge in [0.1, 0.15) is 12.1 Å². The van der Waals surface area contributed by atoms with Crippen molar-refractivity contribution in [2.45, 2.75) is 13.0 Å². The highest BCUT2D eigenvalue weighted by molar-refractivity contribution is 7.18. The molecule has 3 aromatic heterocycles. The van der Waals surface area contributed by atoms with Gasteiger partial charge >= 0.3 is 0 Å². The molecule has 1 atom stereocenters. The summed E-state index contributed by atoms with van der Waals surface area (Å²) in [5.74, 6) is 1.01. The number of thiophene rings is 1. The summed E-state index contributed by atoms with van der Waals surface area (Å²) in [7, 11) is 1.95. The Hall–Kier alpha value is -1.99. The van der Waals surface area contributed by atoms with Gasteiger partial charge < -0.3 is 9.64 Å². The molecule has 7 heteroatoms. The van der Waals surface area contributed by atoms with Crippen LogP contribution in [-0.2, 0) is 11.8 Å². The third-order valence-electron chi connectivity index (χ3n) is 4.07. The minimum atomic E-state index is 0.328. The zero-order valence-corrected chi connectivity index (χ0v) is 13.4. The van der Waals surface area contributed by atoms with E-state index in [1.54, 1.807) is 17.7 Å². The summed E-state index contributed by atoms with van der Waals surface area (Å²) in [5, 5.41) is 6.40. The molecule has 0 spiro atoms. The lowest BCUT2D eigenvalue weighted by Gasteiger charge is -2.34. The van der Waals surface area contributed by atoms with Gasteiger partial charge in [0.15, 0.2) is 0 Å². The van der Waals surface area contributed by atoms with Crippen molar-refractivity contribution in [3.63, 3.8) is 0 Å². The molecule has 1 unspecified atom stereocenters. The Morgan fingerprint density at radius 2 is 2.27 bits per heavy atom. The first-order chi connectivity index (χ1) is 10.8. The maximum absolute atomic E-state index is 5.53. The summed E-state index contributed by atoms with van der Waals surface area (Å²) in [5.41, 5.74) is 3.19. The Kier molecular flexibility index (Phi) is 3.31. The molecule has 4 rings (SSSR count). The molecule has 1 aliphatic heterocycles. The van der Waals surface area contributed by atoms with Crippen LogP contribution in [0.2, 0.25) is 0 Å². The summed E-state index contributed by atoms with van der Waals surface area (Å²) in [4.78, 5) is 11.4. The van der Waals surface area contributed by atoms with E-state index in [9.17, 15) is 0 Å². The van der Waals surface area contributed by atoms with Crippen molar-refractivity contribution in [2.24, 2.45) is 7.05 Å². The van der Waals surface area contributed by atoms with Crippen molar-refractivity contribution in [2.75, 3.05) is 24.7 Å². The molecule has 0 N–H and O–H groups in total. The molecule has 0 saturated carbocycles. The van der Waals surface area contributed by atoms with Crippen LogP contribution in [0.3, 0.4) is 0 Å². The van der Waals surface area contributed by atoms with Gasteiger partial charge in [0.25, 0.3) is 0 Å². The molecule has 3 aromatic rings. The van der Waals surface area contributed by atoms with E-state index in [1.807, 2.05) is 24.0 Å². The van der Waals surface area contributed by atoms with E-state index in [0.29, 0.717) is 6.04 Å². The van der Waals surface area contributed by atoms with Gasteiger partial charge in [-0.1, -0.05) is 0 Å². The topological polar surface area (TPSA) is 56.1 Å².